The molecule has 2 saturated heterocycles. The summed E-state index contributed by atoms with van der Waals surface area (Å²) in [7, 11) is 0. The maximum atomic E-state index is 12.8. The van der Waals surface area contributed by atoms with Gasteiger partial charge in [0.1, 0.15) is 11.4 Å². The zero-order chi connectivity index (χ0) is 17.5. The first kappa shape index (κ1) is 16.4. The molecule has 7 heteroatoms. The average Bonchev–Trinajstić information content (AvgIpc) is 3.23. The lowest BCUT2D eigenvalue weighted by Gasteiger charge is -2.26. The van der Waals surface area contributed by atoms with E-state index < -0.39 is 5.41 Å². The number of H-pyrrole nitrogens is 1. The third-order valence-corrected chi connectivity index (χ3v) is 5.26. The summed E-state index contributed by atoms with van der Waals surface area (Å²) in [5.41, 5.74) is 0.0366. The Morgan fingerprint density at radius 2 is 2.29 bits per heavy atom. The lowest BCUT2D eigenvalue weighted by molar-refractivity contribution is -0.136. The second kappa shape index (κ2) is 5.89. The molecule has 2 amide bonds. The van der Waals surface area contributed by atoms with Crippen LogP contribution in [0.5, 0.6) is 0 Å². The first-order chi connectivity index (χ1) is 11.4. The Morgan fingerprint density at radius 3 is 2.92 bits per heavy atom. The minimum absolute atomic E-state index is 0.0963. The zero-order valence-corrected chi connectivity index (χ0v) is 14.0. The van der Waals surface area contributed by atoms with Crippen molar-refractivity contribution in [3.8, 4) is 0 Å². The Hall–Kier alpha value is -2.44. The van der Waals surface area contributed by atoms with E-state index in [1.165, 1.54) is 13.0 Å². The van der Waals surface area contributed by atoms with Crippen LogP contribution in [-0.2, 0) is 4.79 Å². The van der Waals surface area contributed by atoms with Crippen LogP contribution in [0.2, 0.25) is 0 Å². The Labute approximate surface area is 140 Å². The van der Waals surface area contributed by atoms with E-state index >= 15 is 0 Å². The molecular formula is C17H22N4O3. The summed E-state index contributed by atoms with van der Waals surface area (Å²) in [5, 5.41) is 6.49. The minimum Gasteiger partial charge on any atom is -0.338 e. The maximum absolute atomic E-state index is 12.8. The zero-order valence-electron chi connectivity index (χ0n) is 14.0. The van der Waals surface area contributed by atoms with Gasteiger partial charge in [-0.3, -0.25) is 19.5 Å². The van der Waals surface area contributed by atoms with Gasteiger partial charge >= 0.3 is 0 Å². The van der Waals surface area contributed by atoms with Crippen molar-refractivity contribution in [3.05, 3.63) is 30.1 Å². The van der Waals surface area contributed by atoms with Crippen molar-refractivity contribution in [2.24, 2.45) is 11.3 Å². The van der Waals surface area contributed by atoms with E-state index in [9.17, 15) is 14.4 Å². The quantitative estimate of drug-likeness (QED) is 0.662. The number of aromatic amines is 1. The molecule has 24 heavy (non-hydrogen) atoms. The molecule has 0 aromatic carbocycles. The van der Waals surface area contributed by atoms with Crippen LogP contribution in [0, 0.1) is 11.3 Å². The van der Waals surface area contributed by atoms with Gasteiger partial charge in [0.2, 0.25) is 5.91 Å². The number of nitrogens with one attached hydrogen (secondary N) is 1. The first-order valence-electron chi connectivity index (χ1n) is 8.15. The standard InChI is InChI=1S/C17H22N4O3/c1-4-6-20-7-5-17(16(20)24)10-21(9-11(17)2)15(23)14-8-13(12(3)22)18-19-14/h4,8,11H,1,5-7,9-10H2,2-3H3,(H,18,19)/t11-,17-/m1/s1. The largest absolute Gasteiger partial charge is 0.338 e. The number of likely N-dealkylation sites (tertiary alicyclic amines) is 2. The van der Waals surface area contributed by atoms with E-state index in [1.54, 1.807) is 11.0 Å². The van der Waals surface area contributed by atoms with Gasteiger partial charge in [-0.05, 0) is 18.4 Å². The first-order valence-corrected chi connectivity index (χ1v) is 8.15. The number of Topliss-reactive ketones (excluding diaryl/α,β-unsaturated/α-hetero) is 1. The lowest BCUT2D eigenvalue weighted by Crippen LogP contribution is -2.40. The van der Waals surface area contributed by atoms with Crippen molar-refractivity contribution >= 4 is 17.6 Å². The van der Waals surface area contributed by atoms with Crippen LogP contribution in [0.15, 0.2) is 18.7 Å². The summed E-state index contributed by atoms with van der Waals surface area (Å²) in [5.74, 6) is -0.200. The van der Waals surface area contributed by atoms with E-state index in [1.807, 2.05) is 11.8 Å². The Balaban J connectivity index is 1.78. The molecule has 2 fully saturated rings. The molecule has 0 bridgehead atoms. The Morgan fingerprint density at radius 1 is 1.54 bits per heavy atom. The highest BCUT2D eigenvalue weighted by molar-refractivity contribution is 5.98. The lowest BCUT2D eigenvalue weighted by atomic mass is 9.78. The van der Waals surface area contributed by atoms with Gasteiger partial charge in [-0.2, -0.15) is 5.10 Å². The molecule has 1 aromatic rings. The average molecular weight is 330 g/mol. The molecular weight excluding hydrogens is 308 g/mol. The number of carbonyl (C=O) groups is 3. The van der Waals surface area contributed by atoms with Crippen LogP contribution >= 0.6 is 0 Å². The number of nitrogens with zero attached hydrogens (tertiary/aromatic N) is 3. The molecule has 1 spiro atoms. The Kier molecular flexibility index (Phi) is 4.03. The van der Waals surface area contributed by atoms with Crippen LogP contribution in [0.25, 0.3) is 0 Å². The SMILES string of the molecule is C=CCN1CC[C@]2(CN(C(=O)c3cc(C(C)=O)n[nH]3)C[C@H]2C)C1=O. The molecule has 1 N–H and O–H groups in total. The molecule has 0 saturated carbocycles. The summed E-state index contributed by atoms with van der Waals surface area (Å²) >= 11 is 0. The number of carbonyl (C=O) groups excluding carboxylic acids is 3. The molecule has 128 valence electrons. The topological polar surface area (TPSA) is 86.4 Å². The molecule has 0 unspecified atom stereocenters. The highest BCUT2D eigenvalue weighted by Gasteiger charge is 2.55. The second-order valence-electron chi connectivity index (χ2n) is 6.76. The summed E-state index contributed by atoms with van der Waals surface area (Å²) in [6.45, 7) is 9.31. The molecule has 0 aliphatic carbocycles. The molecule has 7 nitrogen and oxygen atoms in total. The van der Waals surface area contributed by atoms with Gasteiger partial charge in [-0.1, -0.05) is 13.0 Å². The van der Waals surface area contributed by atoms with Gasteiger partial charge in [-0.15, -0.1) is 6.58 Å². The van der Waals surface area contributed by atoms with Crippen LogP contribution < -0.4 is 0 Å². The normalized spacial score (nSPS) is 26.4. The van der Waals surface area contributed by atoms with Crippen LogP contribution in [0.1, 0.15) is 41.2 Å². The summed E-state index contributed by atoms with van der Waals surface area (Å²) in [4.78, 5) is 40.3. The third-order valence-electron chi connectivity index (χ3n) is 5.26. The van der Waals surface area contributed by atoms with Crippen molar-refractivity contribution in [2.45, 2.75) is 20.3 Å². The minimum atomic E-state index is -0.498. The van der Waals surface area contributed by atoms with E-state index in [2.05, 4.69) is 16.8 Å². The predicted molar refractivity (Wildman–Crippen MR) is 87.5 cm³/mol. The fourth-order valence-electron chi connectivity index (χ4n) is 3.79. The predicted octanol–water partition coefficient (Wildman–Crippen LogP) is 1.11. The molecule has 3 heterocycles. The van der Waals surface area contributed by atoms with Crippen LogP contribution in [-0.4, -0.2) is 63.8 Å². The van der Waals surface area contributed by atoms with Crippen LogP contribution in [0.3, 0.4) is 0 Å². The van der Waals surface area contributed by atoms with Gasteiger partial charge in [0.15, 0.2) is 5.78 Å². The second-order valence-corrected chi connectivity index (χ2v) is 6.76. The smallest absolute Gasteiger partial charge is 0.271 e. The van der Waals surface area contributed by atoms with E-state index in [4.69, 9.17) is 0 Å². The molecule has 2 aliphatic heterocycles. The summed E-state index contributed by atoms with van der Waals surface area (Å²) in [6, 6.07) is 1.47. The van der Waals surface area contributed by atoms with Crippen molar-refractivity contribution < 1.29 is 14.4 Å². The number of aromatic nitrogens is 2. The van der Waals surface area contributed by atoms with E-state index in [-0.39, 0.29) is 34.9 Å². The number of hydrogen-bond donors (Lipinski definition) is 1. The van der Waals surface area contributed by atoms with E-state index in [0.717, 1.165) is 6.42 Å². The monoisotopic (exact) mass is 330 g/mol. The van der Waals surface area contributed by atoms with E-state index in [0.29, 0.717) is 26.2 Å². The maximum Gasteiger partial charge on any atom is 0.271 e. The molecule has 1 aromatic heterocycles. The van der Waals surface area contributed by atoms with Crippen molar-refractivity contribution in [2.75, 3.05) is 26.2 Å². The summed E-state index contributed by atoms with van der Waals surface area (Å²) < 4.78 is 0. The van der Waals surface area contributed by atoms with Gasteiger partial charge in [-0.25, -0.2) is 0 Å². The number of ketones is 1. The molecule has 3 rings (SSSR count). The van der Waals surface area contributed by atoms with Crippen molar-refractivity contribution in [1.82, 2.24) is 20.0 Å². The van der Waals surface area contributed by atoms with Gasteiger partial charge in [0.05, 0.1) is 5.41 Å². The third kappa shape index (κ3) is 2.44. The van der Waals surface area contributed by atoms with Gasteiger partial charge in [0.25, 0.3) is 5.91 Å². The van der Waals surface area contributed by atoms with Crippen molar-refractivity contribution in [3.63, 3.8) is 0 Å². The van der Waals surface area contributed by atoms with Crippen molar-refractivity contribution in [1.29, 1.82) is 0 Å². The van der Waals surface area contributed by atoms with Gasteiger partial charge in [0, 0.05) is 33.1 Å². The number of rotatable bonds is 4. The highest BCUT2D eigenvalue weighted by Crippen LogP contribution is 2.44. The molecule has 0 radical (unpaired) electrons. The van der Waals surface area contributed by atoms with Gasteiger partial charge < -0.3 is 9.80 Å². The van der Waals surface area contributed by atoms with Crippen LogP contribution in [0.4, 0.5) is 0 Å². The highest BCUT2D eigenvalue weighted by atomic mass is 16.2. The number of hydrogen-bond acceptors (Lipinski definition) is 4. The molecule has 2 aliphatic rings. The fourth-order valence-corrected chi connectivity index (χ4v) is 3.79. The number of amides is 2. The summed E-state index contributed by atoms with van der Waals surface area (Å²) in [6.07, 6.45) is 2.49. The fraction of sp³-hybridized carbons (Fsp3) is 0.529. The Bertz CT molecular complexity index is 710. The molecule has 2 atom stereocenters.